The van der Waals surface area contributed by atoms with Gasteiger partial charge in [-0.05, 0) is 38.0 Å². The van der Waals surface area contributed by atoms with E-state index in [0.717, 1.165) is 5.56 Å². The van der Waals surface area contributed by atoms with Crippen molar-refractivity contribution < 1.29 is 0 Å². The van der Waals surface area contributed by atoms with Gasteiger partial charge in [0.1, 0.15) is 0 Å². The van der Waals surface area contributed by atoms with Crippen molar-refractivity contribution in [3.05, 3.63) is 69.2 Å². The molecule has 2 aromatic rings. The van der Waals surface area contributed by atoms with Crippen LogP contribution in [0.3, 0.4) is 0 Å². The lowest BCUT2D eigenvalue weighted by Crippen LogP contribution is -2.22. The monoisotopic (exact) mass is 307 g/mol. The third kappa shape index (κ3) is 3.54. The average Bonchev–Trinajstić information content (AvgIpc) is 2.42. The van der Waals surface area contributed by atoms with E-state index in [1.165, 1.54) is 11.1 Å². The number of benzene rings is 2. The first-order valence-corrected chi connectivity index (χ1v) is 7.51. The van der Waals surface area contributed by atoms with Gasteiger partial charge in [-0.2, -0.15) is 0 Å². The van der Waals surface area contributed by atoms with Crippen LogP contribution in [0.1, 0.15) is 42.6 Å². The minimum atomic E-state index is 0.137. The van der Waals surface area contributed by atoms with E-state index in [9.17, 15) is 0 Å². The second-order valence-corrected chi connectivity index (χ2v) is 5.95. The molecule has 3 heteroatoms. The second kappa shape index (κ2) is 6.62. The number of hydrogen-bond donors (Lipinski definition) is 1. The van der Waals surface area contributed by atoms with E-state index < -0.39 is 0 Å². The summed E-state index contributed by atoms with van der Waals surface area (Å²) in [4.78, 5) is 0. The van der Waals surface area contributed by atoms with E-state index in [1.807, 2.05) is 18.2 Å². The van der Waals surface area contributed by atoms with Gasteiger partial charge in [-0.15, -0.1) is 0 Å². The Kier molecular flexibility index (Phi) is 5.09. The standard InChI is InChI=1S/C17H19Cl2N/c1-11-7-9-14(10-8-11)12(2)20-13(3)15-5-4-6-16(18)17(15)19/h4-10,12-13,20H,1-3H3/t12-,13?/m1/s1. The fourth-order valence-corrected chi connectivity index (χ4v) is 2.74. The Morgan fingerprint density at radius 2 is 1.55 bits per heavy atom. The first kappa shape index (κ1) is 15.4. The first-order chi connectivity index (χ1) is 9.49. The molecular weight excluding hydrogens is 289 g/mol. The van der Waals surface area contributed by atoms with Gasteiger partial charge in [0.25, 0.3) is 0 Å². The normalized spacial score (nSPS) is 14.1. The van der Waals surface area contributed by atoms with Gasteiger partial charge in [0, 0.05) is 12.1 Å². The zero-order chi connectivity index (χ0) is 14.7. The van der Waals surface area contributed by atoms with Crippen LogP contribution in [-0.4, -0.2) is 0 Å². The number of hydrogen-bond acceptors (Lipinski definition) is 1. The topological polar surface area (TPSA) is 12.0 Å². The van der Waals surface area contributed by atoms with Gasteiger partial charge in [-0.1, -0.05) is 65.2 Å². The van der Waals surface area contributed by atoms with Gasteiger partial charge >= 0.3 is 0 Å². The van der Waals surface area contributed by atoms with Crippen molar-refractivity contribution in [2.24, 2.45) is 0 Å². The third-order valence-electron chi connectivity index (χ3n) is 3.53. The fourth-order valence-electron chi connectivity index (χ4n) is 2.27. The minimum Gasteiger partial charge on any atom is -0.304 e. The van der Waals surface area contributed by atoms with Crippen LogP contribution in [0.15, 0.2) is 42.5 Å². The number of aryl methyl sites for hydroxylation is 1. The highest BCUT2D eigenvalue weighted by molar-refractivity contribution is 6.42. The molecule has 0 fully saturated rings. The predicted octanol–water partition coefficient (Wildman–Crippen LogP) is 5.71. The van der Waals surface area contributed by atoms with Crippen LogP contribution in [0, 0.1) is 6.92 Å². The summed E-state index contributed by atoms with van der Waals surface area (Å²) in [5.41, 5.74) is 3.56. The summed E-state index contributed by atoms with van der Waals surface area (Å²) in [5, 5.41) is 4.78. The summed E-state index contributed by atoms with van der Waals surface area (Å²) in [7, 11) is 0. The quantitative estimate of drug-likeness (QED) is 0.762. The Labute approximate surface area is 130 Å². The average molecular weight is 308 g/mol. The lowest BCUT2D eigenvalue weighted by molar-refractivity contribution is 0.495. The van der Waals surface area contributed by atoms with Gasteiger partial charge in [0.15, 0.2) is 0 Å². The van der Waals surface area contributed by atoms with E-state index in [2.05, 4.69) is 50.4 Å². The van der Waals surface area contributed by atoms with E-state index in [4.69, 9.17) is 23.2 Å². The predicted molar refractivity (Wildman–Crippen MR) is 87.6 cm³/mol. The van der Waals surface area contributed by atoms with Crippen molar-refractivity contribution in [3.63, 3.8) is 0 Å². The molecule has 106 valence electrons. The largest absolute Gasteiger partial charge is 0.304 e. The Hall–Kier alpha value is -1.02. The molecule has 0 bridgehead atoms. The highest BCUT2D eigenvalue weighted by Crippen LogP contribution is 2.31. The number of nitrogens with one attached hydrogen (secondary N) is 1. The fraction of sp³-hybridized carbons (Fsp3) is 0.294. The zero-order valence-electron chi connectivity index (χ0n) is 12.0. The van der Waals surface area contributed by atoms with Crippen molar-refractivity contribution >= 4 is 23.2 Å². The molecule has 0 saturated carbocycles. The van der Waals surface area contributed by atoms with Crippen LogP contribution < -0.4 is 5.32 Å². The molecule has 0 aliphatic carbocycles. The lowest BCUT2D eigenvalue weighted by Gasteiger charge is -2.22. The van der Waals surface area contributed by atoms with Crippen molar-refractivity contribution in [3.8, 4) is 0 Å². The van der Waals surface area contributed by atoms with Crippen LogP contribution in [-0.2, 0) is 0 Å². The van der Waals surface area contributed by atoms with Gasteiger partial charge in [0.05, 0.1) is 10.0 Å². The molecule has 1 unspecified atom stereocenters. The van der Waals surface area contributed by atoms with E-state index in [1.54, 1.807) is 0 Å². The molecule has 0 radical (unpaired) electrons. The van der Waals surface area contributed by atoms with Gasteiger partial charge in [-0.3, -0.25) is 0 Å². The van der Waals surface area contributed by atoms with Crippen molar-refractivity contribution in [1.29, 1.82) is 0 Å². The van der Waals surface area contributed by atoms with Crippen molar-refractivity contribution in [2.45, 2.75) is 32.9 Å². The smallest absolute Gasteiger partial charge is 0.0639 e. The zero-order valence-corrected chi connectivity index (χ0v) is 13.5. The van der Waals surface area contributed by atoms with Gasteiger partial charge in [-0.25, -0.2) is 0 Å². The molecule has 0 aliphatic heterocycles. The Bertz CT molecular complexity index is 578. The maximum absolute atomic E-state index is 6.27. The molecule has 2 aromatic carbocycles. The summed E-state index contributed by atoms with van der Waals surface area (Å²) >= 11 is 12.3. The van der Waals surface area contributed by atoms with E-state index in [0.29, 0.717) is 10.0 Å². The molecule has 0 spiro atoms. The maximum Gasteiger partial charge on any atom is 0.0639 e. The molecule has 2 rings (SSSR count). The highest BCUT2D eigenvalue weighted by atomic mass is 35.5. The molecule has 0 heterocycles. The van der Waals surface area contributed by atoms with Crippen LogP contribution in [0.4, 0.5) is 0 Å². The Morgan fingerprint density at radius 1 is 0.900 bits per heavy atom. The SMILES string of the molecule is Cc1ccc([C@@H](C)NC(C)c2cccc(Cl)c2Cl)cc1. The molecule has 0 aromatic heterocycles. The molecule has 2 atom stereocenters. The van der Waals surface area contributed by atoms with Crippen molar-refractivity contribution in [1.82, 2.24) is 5.32 Å². The molecule has 0 amide bonds. The molecule has 1 N–H and O–H groups in total. The molecule has 20 heavy (non-hydrogen) atoms. The van der Waals surface area contributed by atoms with Crippen LogP contribution in [0.2, 0.25) is 10.0 Å². The Balaban J connectivity index is 2.13. The van der Waals surface area contributed by atoms with Crippen LogP contribution in [0.5, 0.6) is 0 Å². The number of halogens is 2. The van der Waals surface area contributed by atoms with Gasteiger partial charge < -0.3 is 5.32 Å². The van der Waals surface area contributed by atoms with Crippen molar-refractivity contribution in [2.75, 3.05) is 0 Å². The molecule has 1 nitrogen and oxygen atoms in total. The van der Waals surface area contributed by atoms with Crippen LogP contribution >= 0.6 is 23.2 Å². The van der Waals surface area contributed by atoms with E-state index in [-0.39, 0.29) is 12.1 Å². The summed E-state index contributed by atoms with van der Waals surface area (Å²) in [6, 6.07) is 14.7. The highest BCUT2D eigenvalue weighted by Gasteiger charge is 2.14. The van der Waals surface area contributed by atoms with Gasteiger partial charge in [0.2, 0.25) is 0 Å². The summed E-state index contributed by atoms with van der Waals surface area (Å²) in [6.07, 6.45) is 0. The van der Waals surface area contributed by atoms with Crippen LogP contribution in [0.25, 0.3) is 0 Å². The minimum absolute atomic E-state index is 0.137. The lowest BCUT2D eigenvalue weighted by atomic mass is 10.0. The summed E-state index contributed by atoms with van der Waals surface area (Å²) in [5.74, 6) is 0. The second-order valence-electron chi connectivity index (χ2n) is 5.16. The number of rotatable bonds is 4. The van der Waals surface area contributed by atoms with E-state index >= 15 is 0 Å². The molecular formula is C17H19Cl2N. The molecule has 0 saturated heterocycles. The maximum atomic E-state index is 6.27. The third-order valence-corrected chi connectivity index (χ3v) is 4.36. The summed E-state index contributed by atoms with van der Waals surface area (Å²) < 4.78 is 0. The molecule has 0 aliphatic rings. The Morgan fingerprint density at radius 3 is 2.20 bits per heavy atom. The first-order valence-electron chi connectivity index (χ1n) is 6.75. The summed E-state index contributed by atoms with van der Waals surface area (Å²) in [6.45, 7) is 6.35.